The van der Waals surface area contributed by atoms with Gasteiger partial charge in [0.25, 0.3) is 5.91 Å². The maximum absolute atomic E-state index is 15.0. The maximum Gasteiger partial charge on any atom is 0.406 e. The SMILES string of the molecule is C.C=C1N=C(N)C=CN1C1OC(COP(=O)(NCc2ccccc2)OCc2ccccc2C)C(O)C1(F)F.C=C1N=C(N)C=CN1C1OC(COP(=O)(NCc2ccccc2)OCc2ccccc2C)C(O)C1O.C=C1NC(=O)C(F)=CN1C1CC(O)C(COP(=O)(NCc2ccccc2)OCc2ccccc2C)O1.Cc1nc(N)c2ncn(C3OC(COP(=O)(NCc4ccccc4)OCc4ccccc4C)C(O)C3O)c2n1. The van der Waals surface area contributed by atoms with Gasteiger partial charge in [-0.25, -0.2) is 63.5 Å². The Morgan fingerprint density at radius 1 is 0.456 bits per heavy atom. The van der Waals surface area contributed by atoms with E-state index in [1.54, 1.807) is 13.1 Å². The molecule has 40 nitrogen and oxygen atoms in total. The summed E-state index contributed by atoms with van der Waals surface area (Å²) in [5.74, 6) is -4.33. The predicted octanol–water partition coefficient (Wildman–Crippen LogP) is 13.4. The van der Waals surface area contributed by atoms with Gasteiger partial charge in [0, 0.05) is 51.2 Å². The summed E-state index contributed by atoms with van der Waals surface area (Å²) in [7, 11) is -15.6. The number of aliphatic hydroxyl groups excluding tert-OH is 6. The lowest BCUT2D eigenvalue weighted by Crippen LogP contribution is -2.47. The van der Waals surface area contributed by atoms with Crippen molar-refractivity contribution in [2.45, 2.75) is 193 Å². The van der Waals surface area contributed by atoms with Gasteiger partial charge in [-0.3, -0.25) is 45.6 Å². The highest BCUT2D eigenvalue weighted by Gasteiger charge is 2.61. The normalized spacial score (nSPS) is 24.0. The summed E-state index contributed by atoms with van der Waals surface area (Å²) in [6.07, 6.45) is -9.48. The molecule has 9 heterocycles. The number of aliphatic imine (C=N–C) groups is 2. The highest BCUT2D eigenvalue weighted by Crippen LogP contribution is 2.52. The highest BCUT2D eigenvalue weighted by molar-refractivity contribution is 7.52. The third-order valence-corrected chi connectivity index (χ3v) is 30.4. The van der Waals surface area contributed by atoms with E-state index in [1.165, 1.54) is 39.0 Å². The number of aromatic nitrogens is 4. The molecule has 0 saturated carbocycles. The standard InChI is InChI=1S/C26H31N6O6P.C25H29F2N4O5P.C25H29FN3O6P.C25H31N4O6P.CH4/c1-16-8-6-7-11-19(16)13-36-39(35,29-12-18-9-4-3-5-10-18)37-14-20-22(33)23(34)26(38-20)32-15-28-21-24(27)30-17(2)31-25(21)32;1-17-8-6-7-11-20(17)15-34-37(33,29-14-19-9-4-3-5-10-19)35-16-21-23(32)25(26,27)24(36-21)31-13-12-22(28)30-18(31)2;1-17-8-6-7-11-20(17)15-33-36(32,27-13-19-9-4-3-5-10-19)34-16-23-22(30)12-24(35-23)29-14-21(26)25(31)28-18(29)2;1-17-8-6-7-11-20(17)15-33-36(32,27-14-19-9-4-3-5-10-19)34-16-21-23(30)24(31)25(35-21)29-13-12-22(26)28-18(29)2;/h3-11,15,20,22-23,26,33-34H,12-14H2,1-2H3,(H,29,35)(H2,27,30,31);3-13,21,23-24,32H,2,14-16H2,1H3,(H2,28,30)(H,29,33);3-11,14,22-24,30H,2,12-13,15-16H2,1H3,(H,27,32)(H,28,31);3-13,21,23-25,30-31H,2,14-16H2,1H3,(H2,26,28)(H,27,32);1H4. The number of benzene rings is 8. The number of nitrogens with one attached hydrogen (secondary N) is 5. The van der Waals surface area contributed by atoms with E-state index in [2.05, 4.69) is 70.3 Å². The topological polar surface area (TPSA) is 534 Å². The first-order chi connectivity index (χ1) is 70.8. The van der Waals surface area contributed by atoms with Crippen molar-refractivity contribution in [3.8, 4) is 0 Å². The Morgan fingerprint density at radius 3 is 1.20 bits per heavy atom. The molecule has 18 atom stereocenters. The number of imidazole rings is 1. The summed E-state index contributed by atoms with van der Waals surface area (Å²) in [6, 6.07) is 67.5. The fraction of sp³-hybridized carbons (Fsp3) is 0.333. The van der Waals surface area contributed by atoms with E-state index in [0.717, 1.165) is 77.9 Å². The van der Waals surface area contributed by atoms with Crippen molar-refractivity contribution in [2.24, 2.45) is 21.5 Å². The molecule has 4 saturated heterocycles. The van der Waals surface area contributed by atoms with E-state index in [0.29, 0.717) is 17.0 Å². The molecule has 796 valence electrons. The number of fused-ring (bicyclic) bond motifs is 1. The molecule has 4 fully saturated rings. The molecule has 18 unspecified atom stereocenters. The van der Waals surface area contributed by atoms with Crippen LogP contribution in [0, 0.1) is 34.6 Å². The molecule has 7 aliphatic rings. The average molecular weight is 2140 g/mol. The fourth-order valence-electron chi connectivity index (χ4n) is 15.8. The number of nitrogen functional groups attached to an aromatic ring is 1. The monoisotopic (exact) mass is 2140 g/mol. The lowest BCUT2D eigenvalue weighted by atomic mass is 10.1. The average Bonchev–Trinajstić information content (AvgIpc) is 1.60. The van der Waals surface area contributed by atoms with Crippen molar-refractivity contribution in [1.82, 2.24) is 59.9 Å². The summed E-state index contributed by atoms with van der Waals surface area (Å²) in [4.78, 5) is 35.8. The second-order valence-corrected chi connectivity index (χ2v) is 42.4. The molecular formula is C102H124F3N17O23P4. The van der Waals surface area contributed by atoms with Crippen molar-refractivity contribution in [2.75, 3.05) is 32.2 Å². The van der Waals surface area contributed by atoms with E-state index in [4.69, 9.17) is 72.3 Å². The van der Waals surface area contributed by atoms with Crippen LogP contribution in [0.2, 0.25) is 0 Å². The van der Waals surface area contributed by atoms with Crippen LogP contribution in [0.4, 0.5) is 19.0 Å². The lowest BCUT2D eigenvalue weighted by Gasteiger charge is -2.31. The summed E-state index contributed by atoms with van der Waals surface area (Å²) >= 11 is 0. The number of halogens is 3. The summed E-state index contributed by atoms with van der Waals surface area (Å²) in [6.45, 7) is 19.9. The zero-order valence-corrected chi connectivity index (χ0v) is 85.0. The maximum atomic E-state index is 15.0. The summed E-state index contributed by atoms with van der Waals surface area (Å²) in [5, 5.41) is 77.3. The first kappa shape index (κ1) is 114. The minimum atomic E-state index is -4.03. The van der Waals surface area contributed by atoms with Crippen LogP contribution in [0.5, 0.6) is 0 Å². The summed E-state index contributed by atoms with van der Waals surface area (Å²) in [5.41, 5.74) is 28.6. The molecule has 1 amide bonds. The van der Waals surface area contributed by atoms with Gasteiger partial charge in [-0.2, -0.15) is 13.2 Å². The zero-order valence-electron chi connectivity index (χ0n) is 81.4. The lowest BCUT2D eigenvalue weighted by molar-refractivity contribution is -0.148. The molecule has 10 aromatic rings. The van der Waals surface area contributed by atoms with Crippen molar-refractivity contribution in [3.05, 3.63) is 371 Å². The Hall–Kier alpha value is -11.8. The number of hydrogen-bond donors (Lipinski definition) is 14. The van der Waals surface area contributed by atoms with Crippen molar-refractivity contribution >= 4 is 65.5 Å². The number of nitrogens with zero attached hydrogens (tertiary/aromatic N) is 9. The van der Waals surface area contributed by atoms with Crippen LogP contribution in [0.25, 0.3) is 11.2 Å². The summed E-state index contributed by atoms with van der Waals surface area (Å²) < 4.78 is 169. The Kier molecular flexibility index (Phi) is 40.1. The van der Waals surface area contributed by atoms with Gasteiger partial charge in [-0.15, -0.1) is 0 Å². The number of aryl methyl sites for hydroxylation is 5. The van der Waals surface area contributed by atoms with E-state index in [1.807, 2.05) is 246 Å². The second-order valence-electron chi connectivity index (χ2n) is 35.0. The largest absolute Gasteiger partial charge is 0.406 e. The number of amides is 1. The van der Waals surface area contributed by atoms with E-state index in [-0.39, 0.29) is 121 Å². The minimum Gasteiger partial charge on any atom is -0.390 e. The van der Waals surface area contributed by atoms with Gasteiger partial charge in [0.15, 0.2) is 30.0 Å². The van der Waals surface area contributed by atoms with Crippen LogP contribution in [-0.2, 0) is 131 Å². The number of hydrogen-bond acceptors (Lipinski definition) is 34. The van der Waals surface area contributed by atoms with E-state index >= 15 is 0 Å². The molecule has 0 bridgehead atoms. The van der Waals surface area contributed by atoms with Gasteiger partial charge in [-0.1, -0.05) is 246 Å². The smallest absolute Gasteiger partial charge is 0.390 e. The number of amidine groups is 2. The number of rotatable bonds is 40. The fourth-order valence-corrected chi connectivity index (χ4v) is 20.9. The quantitative estimate of drug-likeness (QED) is 0.0159. The van der Waals surface area contributed by atoms with E-state index < -0.39 is 141 Å². The highest BCUT2D eigenvalue weighted by atomic mass is 31.2. The van der Waals surface area contributed by atoms with Crippen LogP contribution in [-0.4, -0.2) is 195 Å². The van der Waals surface area contributed by atoms with Crippen LogP contribution < -0.4 is 42.9 Å². The van der Waals surface area contributed by atoms with Gasteiger partial charge >= 0.3 is 36.9 Å². The minimum absolute atomic E-state index is 0. The van der Waals surface area contributed by atoms with Crippen LogP contribution in [0.3, 0.4) is 0 Å². The number of carbonyl (C=O) groups is 1. The Morgan fingerprint density at radius 2 is 0.812 bits per heavy atom. The second kappa shape index (κ2) is 52.3. The zero-order chi connectivity index (χ0) is 106. The number of anilines is 1. The van der Waals surface area contributed by atoms with Gasteiger partial charge < -0.3 is 86.8 Å². The number of carbonyl (C=O) groups excluding carboxylic acids is 1. The molecule has 7 aliphatic heterocycles. The third kappa shape index (κ3) is 30.6. The van der Waals surface area contributed by atoms with Crippen LogP contribution in [0.15, 0.2) is 308 Å². The van der Waals surface area contributed by atoms with Crippen molar-refractivity contribution in [3.63, 3.8) is 0 Å². The van der Waals surface area contributed by atoms with Gasteiger partial charge in [0.1, 0.15) is 95.5 Å². The molecular weight excluding hydrogens is 2010 g/mol. The first-order valence-electron chi connectivity index (χ1n) is 46.9. The molecule has 2 aromatic heterocycles. The van der Waals surface area contributed by atoms with Crippen LogP contribution >= 0.6 is 31.0 Å². The van der Waals surface area contributed by atoms with Crippen molar-refractivity contribution < 1.29 is 122 Å². The molecule has 17 rings (SSSR count). The van der Waals surface area contributed by atoms with Gasteiger partial charge in [-0.05, 0) is 114 Å². The van der Waals surface area contributed by atoms with Crippen LogP contribution in [0.1, 0.15) is 92.7 Å². The van der Waals surface area contributed by atoms with Gasteiger partial charge in [0.05, 0.1) is 65.3 Å². The van der Waals surface area contributed by atoms with Crippen molar-refractivity contribution in [1.29, 1.82) is 0 Å². The Balaban J connectivity index is 0.000000165. The molecule has 47 heteroatoms. The molecule has 149 heavy (non-hydrogen) atoms. The number of alkyl halides is 2. The third-order valence-electron chi connectivity index (χ3n) is 24.4. The Bertz CT molecular complexity index is 6620. The molecule has 17 N–H and O–H groups in total. The number of ether oxygens (including phenoxy) is 4. The predicted molar refractivity (Wildman–Crippen MR) is 550 cm³/mol. The first-order valence-corrected chi connectivity index (χ1v) is 53.1. The molecule has 0 aliphatic carbocycles. The number of nitrogens with two attached hydrogens (primary N) is 3. The number of aliphatic hydroxyl groups is 6. The molecule has 0 spiro atoms. The van der Waals surface area contributed by atoms with E-state index in [9.17, 15) is 66.9 Å². The molecule has 0 radical (unpaired) electrons. The molecule has 8 aromatic carbocycles. The Labute approximate surface area is 860 Å². The van der Waals surface area contributed by atoms with Gasteiger partial charge in [0.2, 0.25) is 12.1 Å².